The molecule has 1 aromatic heterocycles. The van der Waals surface area contributed by atoms with Crippen molar-refractivity contribution >= 4 is 23.5 Å². The van der Waals surface area contributed by atoms with Gasteiger partial charge in [-0.15, -0.1) is 0 Å². The molecule has 0 bridgehead atoms. The van der Waals surface area contributed by atoms with Crippen LogP contribution in [0, 0.1) is 13.8 Å². The number of aromatic nitrogens is 1. The molecule has 1 aromatic carbocycles. The molecule has 0 fully saturated rings. The van der Waals surface area contributed by atoms with Crippen LogP contribution in [0.25, 0.3) is 0 Å². The molecule has 7 nitrogen and oxygen atoms in total. The van der Waals surface area contributed by atoms with Gasteiger partial charge < -0.3 is 19.4 Å². The predicted octanol–water partition coefficient (Wildman–Crippen LogP) is 2.55. The second-order valence-electron chi connectivity index (χ2n) is 6.53. The van der Waals surface area contributed by atoms with Crippen molar-refractivity contribution in [1.29, 1.82) is 0 Å². The smallest absolute Gasteiger partial charge is 0.355 e. The second kappa shape index (κ2) is 7.26. The number of amides is 1. The first-order valence-electron chi connectivity index (χ1n) is 8.72. The third-order valence-electron chi connectivity index (χ3n) is 4.82. The fourth-order valence-electron chi connectivity index (χ4n) is 3.42. The number of anilines is 1. The Morgan fingerprint density at radius 1 is 1.15 bits per heavy atom. The van der Waals surface area contributed by atoms with Crippen LogP contribution in [0.2, 0.25) is 0 Å². The molecule has 0 radical (unpaired) electrons. The molecule has 1 atom stereocenters. The Kier molecular flexibility index (Phi) is 5.03. The van der Waals surface area contributed by atoms with Gasteiger partial charge in [-0.25, -0.2) is 9.59 Å². The third kappa shape index (κ3) is 3.32. The van der Waals surface area contributed by atoms with Crippen molar-refractivity contribution in [3.63, 3.8) is 0 Å². The largest absolute Gasteiger partial charge is 0.465 e. The molecule has 1 amide bonds. The van der Waals surface area contributed by atoms with E-state index in [1.165, 1.54) is 7.11 Å². The number of carbonyl (C=O) groups is 3. The van der Waals surface area contributed by atoms with Gasteiger partial charge in [0.05, 0.1) is 12.7 Å². The molecule has 2 aromatic rings. The third-order valence-corrected chi connectivity index (χ3v) is 4.82. The zero-order valence-electron chi connectivity index (χ0n) is 15.8. The Hall–Kier alpha value is -3.09. The number of esters is 2. The van der Waals surface area contributed by atoms with Gasteiger partial charge in [0.15, 0.2) is 6.10 Å². The zero-order valence-corrected chi connectivity index (χ0v) is 15.8. The number of aromatic amines is 1. The summed E-state index contributed by atoms with van der Waals surface area (Å²) in [7, 11) is 1.28. The summed E-state index contributed by atoms with van der Waals surface area (Å²) < 4.78 is 10.1. The summed E-state index contributed by atoms with van der Waals surface area (Å²) in [4.78, 5) is 41.6. The zero-order chi connectivity index (χ0) is 19.7. The lowest BCUT2D eigenvalue weighted by Gasteiger charge is -2.21. The van der Waals surface area contributed by atoms with Gasteiger partial charge in [-0.3, -0.25) is 4.79 Å². The molecule has 0 aliphatic carbocycles. The average molecular weight is 370 g/mol. The lowest BCUT2D eigenvalue weighted by atomic mass is 10.1. The van der Waals surface area contributed by atoms with Crippen molar-refractivity contribution in [2.45, 2.75) is 33.3 Å². The molecule has 1 aliphatic rings. The monoisotopic (exact) mass is 370 g/mol. The van der Waals surface area contributed by atoms with Crippen LogP contribution in [0.5, 0.6) is 0 Å². The number of hydrogen-bond donors (Lipinski definition) is 1. The highest BCUT2D eigenvalue weighted by molar-refractivity contribution is 6.02. The minimum Gasteiger partial charge on any atom is -0.465 e. The lowest BCUT2D eigenvalue weighted by molar-refractivity contribution is -0.126. The molecule has 0 saturated heterocycles. The molecule has 7 heteroatoms. The van der Waals surface area contributed by atoms with Crippen LogP contribution in [0.1, 0.15) is 44.6 Å². The summed E-state index contributed by atoms with van der Waals surface area (Å²) in [6, 6.07) is 7.68. The van der Waals surface area contributed by atoms with E-state index in [1.807, 2.05) is 24.3 Å². The molecule has 1 aliphatic heterocycles. The van der Waals surface area contributed by atoms with Crippen molar-refractivity contribution in [1.82, 2.24) is 4.98 Å². The van der Waals surface area contributed by atoms with E-state index in [-0.39, 0.29) is 11.6 Å². The Labute approximate surface area is 157 Å². The molecule has 27 heavy (non-hydrogen) atoms. The van der Waals surface area contributed by atoms with Crippen LogP contribution < -0.4 is 4.90 Å². The predicted molar refractivity (Wildman–Crippen MR) is 99.0 cm³/mol. The first-order chi connectivity index (χ1) is 12.8. The summed E-state index contributed by atoms with van der Waals surface area (Å²) in [5.74, 6) is -1.49. The van der Waals surface area contributed by atoms with Gasteiger partial charge in [0.1, 0.15) is 5.69 Å². The van der Waals surface area contributed by atoms with E-state index in [0.717, 1.165) is 17.7 Å². The number of nitrogens with zero attached hydrogens (tertiary/aromatic N) is 1. The van der Waals surface area contributed by atoms with E-state index in [9.17, 15) is 14.4 Å². The number of aryl methyl sites for hydroxylation is 1. The summed E-state index contributed by atoms with van der Waals surface area (Å²) in [5.41, 5.74) is 3.36. The normalized spacial score (nSPS) is 13.9. The van der Waals surface area contributed by atoms with Gasteiger partial charge in [-0.05, 0) is 44.4 Å². The first-order valence-corrected chi connectivity index (χ1v) is 8.72. The van der Waals surface area contributed by atoms with Gasteiger partial charge in [0, 0.05) is 17.9 Å². The van der Waals surface area contributed by atoms with Crippen LogP contribution in [0.15, 0.2) is 24.3 Å². The number of carbonyl (C=O) groups excluding carboxylic acids is 3. The highest BCUT2D eigenvalue weighted by Crippen LogP contribution is 2.28. The van der Waals surface area contributed by atoms with E-state index >= 15 is 0 Å². The number of benzene rings is 1. The Bertz CT molecular complexity index is 915. The van der Waals surface area contributed by atoms with E-state index in [2.05, 4.69) is 4.98 Å². The average Bonchev–Trinajstić information content (AvgIpc) is 3.21. The highest BCUT2D eigenvalue weighted by Gasteiger charge is 2.31. The summed E-state index contributed by atoms with van der Waals surface area (Å²) in [6.07, 6.45) is -0.173. The van der Waals surface area contributed by atoms with Crippen LogP contribution in [0.4, 0.5) is 5.69 Å². The van der Waals surface area contributed by atoms with Crippen LogP contribution in [-0.2, 0) is 20.7 Å². The number of nitrogens with one attached hydrogen (secondary N) is 1. The van der Waals surface area contributed by atoms with E-state index in [1.54, 1.807) is 25.7 Å². The fraction of sp³-hybridized carbons (Fsp3) is 0.350. The molecule has 0 spiro atoms. The Morgan fingerprint density at radius 3 is 2.56 bits per heavy atom. The summed E-state index contributed by atoms with van der Waals surface area (Å²) in [6.45, 7) is 5.42. The van der Waals surface area contributed by atoms with Gasteiger partial charge >= 0.3 is 11.9 Å². The van der Waals surface area contributed by atoms with Gasteiger partial charge in [-0.1, -0.05) is 18.2 Å². The summed E-state index contributed by atoms with van der Waals surface area (Å²) >= 11 is 0. The van der Waals surface area contributed by atoms with Crippen LogP contribution in [-0.4, -0.2) is 42.6 Å². The molecule has 0 saturated carbocycles. The maximum Gasteiger partial charge on any atom is 0.355 e. The van der Waals surface area contributed by atoms with Crippen molar-refractivity contribution in [2.75, 3.05) is 18.6 Å². The lowest BCUT2D eigenvalue weighted by Crippen LogP contribution is -2.39. The number of methoxy groups -OCH3 is 1. The van der Waals surface area contributed by atoms with E-state index in [4.69, 9.17) is 9.47 Å². The minimum atomic E-state index is -0.951. The number of para-hydroxylation sites is 1. The highest BCUT2D eigenvalue weighted by atomic mass is 16.5. The molecule has 3 rings (SSSR count). The van der Waals surface area contributed by atoms with Crippen LogP contribution >= 0.6 is 0 Å². The van der Waals surface area contributed by atoms with Gasteiger partial charge in [-0.2, -0.15) is 0 Å². The van der Waals surface area contributed by atoms with Gasteiger partial charge in [0.25, 0.3) is 5.91 Å². The molecule has 142 valence electrons. The SMILES string of the molecule is COC(=O)c1c(C)[nH]c(C(=O)OC(C)C(=O)N2CCc3ccccc32)c1C. The first kappa shape index (κ1) is 18.7. The second-order valence-corrected chi connectivity index (χ2v) is 6.53. The maximum absolute atomic E-state index is 12.8. The van der Waals surface area contributed by atoms with Crippen molar-refractivity contribution in [2.24, 2.45) is 0 Å². The molecule has 1 N–H and O–H groups in total. The Morgan fingerprint density at radius 2 is 1.85 bits per heavy atom. The van der Waals surface area contributed by atoms with Crippen molar-refractivity contribution < 1.29 is 23.9 Å². The van der Waals surface area contributed by atoms with E-state index < -0.39 is 18.0 Å². The number of rotatable bonds is 4. The number of fused-ring (bicyclic) bond motifs is 1. The molecular formula is C20H22N2O5. The molecule has 2 heterocycles. The molecular weight excluding hydrogens is 348 g/mol. The quantitative estimate of drug-likeness (QED) is 0.836. The molecule has 1 unspecified atom stereocenters. The standard InChI is InChI=1S/C20H22N2O5/c1-11-16(19(24)26-4)12(2)21-17(11)20(25)27-13(3)18(23)22-10-9-14-7-5-6-8-15(14)22/h5-8,13,21H,9-10H2,1-4H3. The van der Waals surface area contributed by atoms with Crippen molar-refractivity contribution in [3.05, 3.63) is 52.3 Å². The Balaban J connectivity index is 1.75. The summed E-state index contributed by atoms with van der Waals surface area (Å²) in [5, 5.41) is 0. The van der Waals surface area contributed by atoms with Crippen LogP contribution in [0.3, 0.4) is 0 Å². The van der Waals surface area contributed by atoms with Crippen molar-refractivity contribution in [3.8, 4) is 0 Å². The number of hydrogen-bond acceptors (Lipinski definition) is 5. The minimum absolute atomic E-state index is 0.148. The fourth-order valence-corrected chi connectivity index (χ4v) is 3.42. The number of H-pyrrole nitrogens is 1. The van der Waals surface area contributed by atoms with Gasteiger partial charge in [0.2, 0.25) is 0 Å². The topological polar surface area (TPSA) is 88.7 Å². The van der Waals surface area contributed by atoms with E-state index in [0.29, 0.717) is 23.4 Å². The number of ether oxygens (including phenoxy) is 2. The maximum atomic E-state index is 12.8.